The zero-order valence-corrected chi connectivity index (χ0v) is 12.7. The van der Waals surface area contributed by atoms with Gasteiger partial charge in [-0.15, -0.1) is 0 Å². The highest BCUT2D eigenvalue weighted by molar-refractivity contribution is 6.53. The average Bonchev–Trinajstić information content (AvgIpc) is 2.81. The molecule has 0 atom stereocenters. The van der Waals surface area contributed by atoms with Crippen molar-refractivity contribution in [2.45, 2.75) is 26.2 Å². The maximum Gasteiger partial charge on any atom is 0.299 e. The lowest BCUT2D eigenvalue weighted by Crippen LogP contribution is -2.30. The number of para-hydroxylation sites is 1. The summed E-state index contributed by atoms with van der Waals surface area (Å²) in [6.45, 7) is 2.73. The fraction of sp³-hybridized carbons (Fsp3) is 0.263. The molecule has 2 aromatic rings. The van der Waals surface area contributed by atoms with Crippen LogP contribution in [-0.4, -0.2) is 18.2 Å². The van der Waals surface area contributed by atoms with Crippen LogP contribution in [0.4, 0.5) is 5.69 Å². The van der Waals surface area contributed by atoms with Crippen molar-refractivity contribution >= 4 is 17.4 Å². The molecule has 0 unspecified atom stereocenters. The summed E-state index contributed by atoms with van der Waals surface area (Å²) in [5.41, 5.74) is 3.29. The smallest absolute Gasteiger partial charge is 0.299 e. The maximum absolute atomic E-state index is 12.3. The molecule has 0 bridgehead atoms. The lowest BCUT2D eigenvalue weighted by Gasteiger charge is -2.19. The minimum absolute atomic E-state index is 0.385. The van der Waals surface area contributed by atoms with E-state index in [1.165, 1.54) is 0 Å². The Labute approximate surface area is 130 Å². The van der Waals surface area contributed by atoms with E-state index in [1.54, 1.807) is 11.0 Å². The van der Waals surface area contributed by atoms with Crippen molar-refractivity contribution in [3.05, 3.63) is 54.1 Å². The number of nitrogens with zero attached hydrogens (tertiary/aromatic N) is 1. The van der Waals surface area contributed by atoms with E-state index in [1.807, 2.05) is 42.5 Å². The van der Waals surface area contributed by atoms with Crippen molar-refractivity contribution in [2.75, 3.05) is 11.4 Å². The molecule has 0 aromatic heterocycles. The first-order chi connectivity index (χ1) is 10.7. The van der Waals surface area contributed by atoms with Crippen molar-refractivity contribution in [1.82, 2.24) is 0 Å². The van der Waals surface area contributed by atoms with Crippen LogP contribution in [0.25, 0.3) is 11.1 Å². The van der Waals surface area contributed by atoms with Crippen LogP contribution in [0, 0.1) is 0 Å². The van der Waals surface area contributed by atoms with Gasteiger partial charge >= 0.3 is 0 Å². The van der Waals surface area contributed by atoms with E-state index in [9.17, 15) is 9.59 Å². The van der Waals surface area contributed by atoms with Crippen LogP contribution in [0.1, 0.15) is 36.5 Å². The van der Waals surface area contributed by atoms with E-state index in [0.717, 1.165) is 36.1 Å². The largest absolute Gasteiger partial charge is 0.304 e. The Morgan fingerprint density at radius 3 is 2.32 bits per heavy atom. The first kappa shape index (κ1) is 14.5. The monoisotopic (exact) mass is 293 g/mol. The number of hydrogen-bond donors (Lipinski definition) is 0. The van der Waals surface area contributed by atoms with Crippen LogP contribution in [0.2, 0.25) is 0 Å². The number of hydrogen-bond acceptors (Lipinski definition) is 2. The number of rotatable bonds is 5. The van der Waals surface area contributed by atoms with E-state index >= 15 is 0 Å². The Morgan fingerprint density at radius 2 is 1.59 bits per heavy atom. The summed E-state index contributed by atoms with van der Waals surface area (Å²) in [6, 6.07) is 15.5. The van der Waals surface area contributed by atoms with Crippen molar-refractivity contribution in [3.8, 4) is 11.1 Å². The highest BCUT2D eigenvalue weighted by atomic mass is 16.2. The second-order valence-electron chi connectivity index (χ2n) is 5.56. The number of benzene rings is 2. The van der Waals surface area contributed by atoms with E-state index in [4.69, 9.17) is 0 Å². The SMILES string of the molecule is CCCCCN1C(=O)C(=O)c2cccc(-c3ccccc3)c21. The molecule has 22 heavy (non-hydrogen) atoms. The molecule has 0 fully saturated rings. The highest BCUT2D eigenvalue weighted by Gasteiger charge is 2.37. The van der Waals surface area contributed by atoms with Crippen LogP contribution >= 0.6 is 0 Å². The number of amides is 1. The Balaban J connectivity index is 2.06. The topological polar surface area (TPSA) is 37.4 Å². The summed E-state index contributed by atoms with van der Waals surface area (Å²) in [7, 11) is 0. The predicted octanol–water partition coefficient (Wildman–Crippen LogP) is 4.07. The van der Waals surface area contributed by atoms with Crippen molar-refractivity contribution in [3.63, 3.8) is 0 Å². The minimum atomic E-state index is -0.394. The lowest BCUT2D eigenvalue weighted by atomic mass is 10.00. The van der Waals surface area contributed by atoms with Gasteiger partial charge in [0.15, 0.2) is 0 Å². The molecule has 0 spiro atoms. The second kappa shape index (κ2) is 6.14. The Bertz CT molecular complexity index is 707. The van der Waals surface area contributed by atoms with Crippen LogP contribution in [0.15, 0.2) is 48.5 Å². The molecular weight excluding hydrogens is 274 g/mol. The normalized spacial score (nSPS) is 13.6. The van der Waals surface area contributed by atoms with Gasteiger partial charge in [0.05, 0.1) is 11.3 Å². The third-order valence-electron chi connectivity index (χ3n) is 4.06. The Morgan fingerprint density at radius 1 is 0.864 bits per heavy atom. The number of carbonyl (C=O) groups excluding carboxylic acids is 2. The summed E-state index contributed by atoms with van der Waals surface area (Å²) in [5, 5.41) is 0. The van der Waals surface area contributed by atoms with Gasteiger partial charge < -0.3 is 4.90 Å². The van der Waals surface area contributed by atoms with Gasteiger partial charge in [-0.05, 0) is 18.1 Å². The fourth-order valence-corrected chi connectivity index (χ4v) is 2.94. The molecule has 1 aliphatic heterocycles. The molecule has 2 aromatic carbocycles. The van der Waals surface area contributed by atoms with E-state index in [0.29, 0.717) is 12.1 Å². The summed E-state index contributed by atoms with van der Waals surface area (Å²) in [6.07, 6.45) is 3.06. The molecule has 3 nitrogen and oxygen atoms in total. The predicted molar refractivity (Wildman–Crippen MR) is 88.1 cm³/mol. The van der Waals surface area contributed by atoms with E-state index in [2.05, 4.69) is 6.92 Å². The van der Waals surface area contributed by atoms with E-state index in [-0.39, 0.29) is 5.78 Å². The summed E-state index contributed by atoms with van der Waals surface area (Å²) in [4.78, 5) is 26.2. The zero-order chi connectivity index (χ0) is 15.5. The first-order valence-corrected chi connectivity index (χ1v) is 7.78. The molecule has 0 saturated heterocycles. The number of unbranched alkanes of at least 4 members (excludes halogenated alkanes) is 2. The van der Waals surface area contributed by atoms with Crippen LogP contribution in [0.3, 0.4) is 0 Å². The van der Waals surface area contributed by atoms with Gasteiger partial charge in [-0.1, -0.05) is 62.2 Å². The zero-order valence-electron chi connectivity index (χ0n) is 12.7. The standard InChI is InChI=1S/C19H19NO2/c1-2-3-7-13-20-17-15(14-9-5-4-6-10-14)11-8-12-16(17)18(21)19(20)22/h4-6,8-12H,2-3,7,13H2,1H3. The van der Waals surface area contributed by atoms with Crippen molar-refractivity contribution < 1.29 is 9.59 Å². The van der Waals surface area contributed by atoms with Crippen LogP contribution < -0.4 is 4.90 Å². The summed E-state index contributed by atoms with van der Waals surface area (Å²) < 4.78 is 0. The molecule has 0 radical (unpaired) electrons. The van der Waals surface area contributed by atoms with Crippen molar-refractivity contribution in [2.24, 2.45) is 0 Å². The van der Waals surface area contributed by atoms with Crippen LogP contribution in [0.5, 0.6) is 0 Å². The fourth-order valence-electron chi connectivity index (χ4n) is 2.94. The second-order valence-corrected chi connectivity index (χ2v) is 5.56. The van der Waals surface area contributed by atoms with Gasteiger partial charge in [0, 0.05) is 12.1 Å². The highest BCUT2D eigenvalue weighted by Crippen LogP contribution is 2.38. The lowest BCUT2D eigenvalue weighted by molar-refractivity contribution is -0.114. The minimum Gasteiger partial charge on any atom is -0.304 e. The molecule has 0 saturated carbocycles. The van der Waals surface area contributed by atoms with Gasteiger partial charge in [0.25, 0.3) is 11.7 Å². The molecule has 0 aliphatic carbocycles. The van der Waals surface area contributed by atoms with Gasteiger partial charge in [-0.2, -0.15) is 0 Å². The average molecular weight is 293 g/mol. The molecule has 112 valence electrons. The number of anilines is 1. The molecular formula is C19H19NO2. The quantitative estimate of drug-likeness (QED) is 0.615. The molecule has 1 heterocycles. The third-order valence-corrected chi connectivity index (χ3v) is 4.06. The van der Waals surface area contributed by atoms with Gasteiger partial charge in [-0.3, -0.25) is 9.59 Å². The van der Waals surface area contributed by atoms with Gasteiger partial charge in [-0.25, -0.2) is 0 Å². The molecule has 0 N–H and O–H groups in total. The van der Waals surface area contributed by atoms with Gasteiger partial charge in [0.1, 0.15) is 0 Å². The Kier molecular flexibility index (Phi) is 4.05. The molecule has 3 rings (SSSR count). The maximum atomic E-state index is 12.3. The third kappa shape index (κ3) is 2.43. The number of Topliss-reactive ketones (excluding diaryl/α,β-unsaturated/α-hetero) is 1. The van der Waals surface area contributed by atoms with E-state index < -0.39 is 5.91 Å². The number of fused-ring (bicyclic) bond motifs is 1. The summed E-state index contributed by atoms with van der Waals surface area (Å²) >= 11 is 0. The number of carbonyl (C=O) groups is 2. The molecule has 1 aliphatic rings. The molecule has 3 heteroatoms. The van der Waals surface area contributed by atoms with Crippen LogP contribution in [-0.2, 0) is 4.79 Å². The first-order valence-electron chi connectivity index (χ1n) is 7.78. The molecule has 1 amide bonds. The van der Waals surface area contributed by atoms with Crippen molar-refractivity contribution in [1.29, 1.82) is 0 Å². The number of ketones is 1. The Hall–Kier alpha value is -2.42. The van der Waals surface area contributed by atoms with Gasteiger partial charge in [0.2, 0.25) is 0 Å². The summed E-state index contributed by atoms with van der Waals surface area (Å²) in [5.74, 6) is -0.779.